The van der Waals surface area contributed by atoms with Gasteiger partial charge in [0.1, 0.15) is 22.2 Å². The van der Waals surface area contributed by atoms with Gasteiger partial charge in [0.2, 0.25) is 0 Å². The van der Waals surface area contributed by atoms with Crippen LogP contribution < -0.4 is 14.5 Å². The van der Waals surface area contributed by atoms with Gasteiger partial charge in [-0.2, -0.15) is 0 Å². The molecule has 0 atom stereocenters. The number of aryl methyl sites for hydroxylation is 2. The topological polar surface area (TPSA) is 54.0 Å². The maximum absolute atomic E-state index is 5.50. The maximum Gasteiger partial charge on any atom is 0.146 e. The zero-order valence-corrected chi connectivity index (χ0v) is 20.0. The van der Waals surface area contributed by atoms with E-state index >= 15 is 0 Å². The van der Waals surface area contributed by atoms with Crippen molar-refractivity contribution in [2.24, 2.45) is 0 Å². The molecule has 170 valence electrons. The third-order valence-corrected chi connectivity index (χ3v) is 7.64. The number of hydrogen-bond acceptors (Lipinski definition) is 8. The molecule has 0 unspecified atom stereocenters. The molecule has 2 fully saturated rings. The molecule has 3 aromatic rings. The molecule has 0 amide bonds. The number of aromatic nitrogens is 2. The van der Waals surface area contributed by atoms with Gasteiger partial charge in [0.25, 0.3) is 0 Å². The predicted octanol–water partition coefficient (Wildman–Crippen LogP) is 3.48. The Morgan fingerprint density at radius 2 is 1.62 bits per heavy atom. The van der Waals surface area contributed by atoms with Crippen LogP contribution in [0, 0.1) is 13.8 Å². The van der Waals surface area contributed by atoms with Crippen LogP contribution in [0.5, 0.6) is 5.75 Å². The first-order valence-electron chi connectivity index (χ1n) is 11.3. The quantitative estimate of drug-likeness (QED) is 0.586. The lowest BCUT2D eigenvalue weighted by atomic mass is 10.2. The van der Waals surface area contributed by atoms with E-state index in [1.807, 2.05) is 12.1 Å². The minimum absolute atomic E-state index is 0.786. The SMILES string of the molecule is COc1ccc(N2CCN(c3nc(CN4CCOCC4)nc4sc(C)c(C)c34)CC2)cc1. The molecule has 7 nitrogen and oxygen atoms in total. The standard InChI is InChI=1S/C24H31N5O2S/c1-17-18(2)32-24-22(17)23(25-21(26-24)16-27-12-14-31-15-13-27)29-10-8-28(9-11-29)19-4-6-20(30-3)7-5-19/h4-7H,8-16H2,1-3H3. The molecule has 2 aliphatic rings. The van der Waals surface area contributed by atoms with Crippen molar-refractivity contribution < 1.29 is 9.47 Å². The number of morpholine rings is 1. The molecule has 1 aromatic carbocycles. The molecule has 32 heavy (non-hydrogen) atoms. The van der Waals surface area contributed by atoms with E-state index in [2.05, 4.69) is 40.7 Å². The van der Waals surface area contributed by atoms with Crippen molar-refractivity contribution in [3.63, 3.8) is 0 Å². The van der Waals surface area contributed by atoms with Crippen LogP contribution in [-0.2, 0) is 11.3 Å². The Balaban J connectivity index is 1.38. The summed E-state index contributed by atoms with van der Waals surface area (Å²) in [6.45, 7) is 12.5. The normalized spacial score (nSPS) is 17.8. The van der Waals surface area contributed by atoms with Crippen molar-refractivity contribution in [1.29, 1.82) is 0 Å². The molecule has 8 heteroatoms. The van der Waals surface area contributed by atoms with Crippen LogP contribution in [-0.4, -0.2) is 74.5 Å². The minimum atomic E-state index is 0.786. The lowest BCUT2D eigenvalue weighted by Crippen LogP contribution is -2.47. The van der Waals surface area contributed by atoms with Gasteiger partial charge in [0, 0.05) is 49.8 Å². The number of hydrogen-bond donors (Lipinski definition) is 0. The summed E-state index contributed by atoms with van der Waals surface area (Å²) in [7, 11) is 1.71. The highest BCUT2D eigenvalue weighted by molar-refractivity contribution is 7.18. The Kier molecular flexibility index (Phi) is 6.17. The summed E-state index contributed by atoms with van der Waals surface area (Å²) in [6, 6.07) is 8.35. The Hall–Kier alpha value is -2.42. The summed E-state index contributed by atoms with van der Waals surface area (Å²) >= 11 is 1.79. The van der Waals surface area contributed by atoms with Crippen LogP contribution in [0.4, 0.5) is 11.5 Å². The summed E-state index contributed by atoms with van der Waals surface area (Å²) in [5, 5.41) is 1.23. The van der Waals surface area contributed by atoms with Crippen LogP contribution in [0.15, 0.2) is 24.3 Å². The van der Waals surface area contributed by atoms with Crippen molar-refractivity contribution >= 4 is 33.1 Å². The molecule has 4 heterocycles. The van der Waals surface area contributed by atoms with Gasteiger partial charge in [-0.3, -0.25) is 4.90 Å². The van der Waals surface area contributed by atoms with E-state index in [1.165, 1.54) is 21.5 Å². The van der Waals surface area contributed by atoms with Crippen LogP contribution in [0.25, 0.3) is 10.2 Å². The molecule has 0 radical (unpaired) electrons. The van der Waals surface area contributed by atoms with Gasteiger partial charge in [-0.25, -0.2) is 9.97 Å². The van der Waals surface area contributed by atoms with Crippen molar-refractivity contribution in [3.8, 4) is 5.75 Å². The molecule has 0 spiro atoms. The Bertz CT molecular complexity index is 1070. The van der Waals surface area contributed by atoms with E-state index in [4.69, 9.17) is 19.4 Å². The molecule has 2 aliphatic heterocycles. The van der Waals surface area contributed by atoms with E-state index in [0.717, 1.165) is 81.2 Å². The first-order chi connectivity index (χ1) is 15.6. The molecule has 2 aromatic heterocycles. The lowest BCUT2D eigenvalue weighted by Gasteiger charge is -2.37. The summed E-state index contributed by atoms with van der Waals surface area (Å²) in [5.74, 6) is 2.93. The molecular weight excluding hydrogens is 422 g/mol. The number of piperazine rings is 1. The number of methoxy groups -OCH3 is 1. The van der Waals surface area contributed by atoms with Gasteiger partial charge in [-0.05, 0) is 43.7 Å². The smallest absolute Gasteiger partial charge is 0.146 e. The van der Waals surface area contributed by atoms with Gasteiger partial charge in [-0.1, -0.05) is 0 Å². The average molecular weight is 454 g/mol. The monoisotopic (exact) mass is 453 g/mol. The number of thiophene rings is 1. The third-order valence-electron chi connectivity index (χ3n) is 6.54. The van der Waals surface area contributed by atoms with Crippen LogP contribution in [0.3, 0.4) is 0 Å². The number of nitrogens with zero attached hydrogens (tertiary/aromatic N) is 5. The lowest BCUT2D eigenvalue weighted by molar-refractivity contribution is 0.0331. The first-order valence-corrected chi connectivity index (χ1v) is 12.1. The fourth-order valence-corrected chi connectivity index (χ4v) is 5.54. The van der Waals surface area contributed by atoms with Crippen molar-refractivity contribution in [1.82, 2.24) is 14.9 Å². The van der Waals surface area contributed by atoms with E-state index in [0.29, 0.717) is 0 Å². The van der Waals surface area contributed by atoms with Crippen LogP contribution in [0.1, 0.15) is 16.3 Å². The Morgan fingerprint density at radius 1 is 0.938 bits per heavy atom. The van der Waals surface area contributed by atoms with E-state index in [-0.39, 0.29) is 0 Å². The molecule has 0 N–H and O–H groups in total. The van der Waals surface area contributed by atoms with E-state index in [9.17, 15) is 0 Å². The van der Waals surface area contributed by atoms with E-state index in [1.54, 1.807) is 18.4 Å². The van der Waals surface area contributed by atoms with Gasteiger partial charge in [-0.15, -0.1) is 11.3 Å². The molecule has 0 saturated carbocycles. The highest BCUT2D eigenvalue weighted by atomic mass is 32.1. The summed E-state index contributed by atoms with van der Waals surface area (Å²) in [6.07, 6.45) is 0. The van der Waals surface area contributed by atoms with Crippen molar-refractivity contribution in [2.45, 2.75) is 20.4 Å². The molecule has 0 bridgehead atoms. The average Bonchev–Trinajstić information content (AvgIpc) is 3.12. The van der Waals surface area contributed by atoms with Crippen molar-refractivity contribution in [2.75, 3.05) is 69.4 Å². The molecule has 5 rings (SSSR count). The largest absolute Gasteiger partial charge is 0.497 e. The number of fused-ring (bicyclic) bond motifs is 1. The highest BCUT2D eigenvalue weighted by Gasteiger charge is 2.24. The zero-order chi connectivity index (χ0) is 22.1. The molecule has 0 aliphatic carbocycles. The van der Waals surface area contributed by atoms with Gasteiger partial charge >= 0.3 is 0 Å². The third kappa shape index (κ3) is 4.27. The predicted molar refractivity (Wildman–Crippen MR) is 130 cm³/mol. The van der Waals surface area contributed by atoms with Crippen LogP contribution in [0.2, 0.25) is 0 Å². The van der Waals surface area contributed by atoms with Gasteiger partial charge in [0.15, 0.2) is 0 Å². The van der Waals surface area contributed by atoms with E-state index < -0.39 is 0 Å². The number of anilines is 2. The summed E-state index contributed by atoms with van der Waals surface area (Å²) < 4.78 is 10.8. The number of rotatable bonds is 5. The Labute approximate surface area is 193 Å². The number of ether oxygens (including phenoxy) is 2. The second kappa shape index (κ2) is 9.21. The fourth-order valence-electron chi connectivity index (χ4n) is 4.50. The number of benzene rings is 1. The van der Waals surface area contributed by atoms with Crippen LogP contribution >= 0.6 is 11.3 Å². The summed E-state index contributed by atoms with van der Waals surface area (Å²) in [5.41, 5.74) is 2.56. The second-order valence-electron chi connectivity index (χ2n) is 8.49. The Morgan fingerprint density at radius 3 is 2.31 bits per heavy atom. The van der Waals surface area contributed by atoms with Crippen molar-refractivity contribution in [3.05, 3.63) is 40.5 Å². The molecular formula is C24H31N5O2S. The molecule has 2 saturated heterocycles. The van der Waals surface area contributed by atoms with Gasteiger partial charge < -0.3 is 19.3 Å². The zero-order valence-electron chi connectivity index (χ0n) is 19.1. The maximum atomic E-state index is 5.50. The first kappa shape index (κ1) is 21.4. The minimum Gasteiger partial charge on any atom is -0.497 e. The highest BCUT2D eigenvalue weighted by Crippen LogP contribution is 2.36. The van der Waals surface area contributed by atoms with Gasteiger partial charge in [0.05, 0.1) is 32.3 Å². The fraction of sp³-hybridized carbons (Fsp3) is 0.500. The second-order valence-corrected chi connectivity index (χ2v) is 9.69. The summed E-state index contributed by atoms with van der Waals surface area (Å²) in [4.78, 5) is 19.8.